The average Bonchev–Trinajstić information content (AvgIpc) is 3.11. The summed E-state index contributed by atoms with van der Waals surface area (Å²) in [7, 11) is 0. The first kappa shape index (κ1) is 21.0. The predicted octanol–water partition coefficient (Wildman–Crippen LogP) is 5.20. The van der Waals surface area contributed by atoms with Crippen LogP contribution in [0.2, 0.25) is 0 Å². The van der Waals surface area contributed by atoms with Gasteiger partial charge in [-0.3, -0.25) is 9.59 Å². The van der Waals surface area contributed by atoms with Crippen molar-refractivity contribution >= 4 is 39.1 Å². The van der Waals surface area contributed by atoms with Crippen molar-refractivity contribution in [1.82, 2.24) is 4.98 Å². The van der Waals surface area contributed by atoms with Gasteiger partial charge >= 0.3 is 5.97 Å². The summed E-state index contributed by atoms with van der Waals surface area (Å²) in [5.41, 5.74) is 3.80. The number of fused-ring (bicyclic) bond motifs is 1. The molecule has 1 amide bonds. The van der Waals surface area contributed by atoms with E-state index in [9.17, 15) is 9.59 Å². The number of para-hydroxylation sites is 1. The molecule has 2 aromatic carbocycles. The molecule has 3 rings (SSSR count). The summed E-state index contributed by atoms with van der Waals surface area (Å²) in [5, 5.41) is 3.92. The van der Waals surface area contributed by atoms with Crippen molar-refractivity contribution in [1.29, 1.82) is 0 Å². The number of rotatable bonds is 8. The van der Waals surface area contributed by atoms with E-state index in [2.05, 4.69) is 16.4 Å². The van der Waals surface area contributed by atoms with Crippen LogP contribution in [-0.2, 0) is 20.7 Å². The molecule has 0 saturated carbocycles. The van der Waals surface area contributed by atoms with E-state index >= 15 is 0 Å². The van der Waals surface area contributed by atoms with Crippen molar-refractivity contribution in [2.24, 2.45) is 0 Å². The van der Waals surface area contributed by atoms with Gasteiger partial charge in [-0.2, -0.15) is 0 Å². The highest BCUT2D eigenvalue weighted by atomic mass is 32.1. The number of hydrogen-bond acceptors (Lipinski definition) is 5. The molecule has 0 fully saturated rings. The Morgan fingerprint density at radius 1 is 1.14 bits per heavy atom. The van der Waals surface area contributed by atoms with Crippen LogP contribution in [0.4, 0.5) is 5.69 Å². The SMILES string of the molecule is Cc1ccc(C)c(NC(=O)[C@@H](C)OC(=O)CCCCc2nc3ccccc3s2)c1. The summed E-state index contributed by atoms with van der Waals surface area (Å²) >= 11 is 1.69. The van der Waals surface area contributed by atoms with Gasteiger partial charge in [-0.1, -0.05) is 24.3 Å². The maximum Gasteiger partial charge on any atom is 0.306 e. The highest BCUT2D eigenvalue weighted by Gasteiger charge is 2.18. The molecule has 0 spiro atoms. The van der Waals surface area contributed by atoms with Crippen LogP contribution < -0.4 is 5.32 Å². The summed E-state index contributed by atoms with van der Waals surface area (Å²) in [6.07, 6.45) is 1.88. The van der Waals surface area contributed by atoms with Crippen LogP contribution in [0.25, 0.3) is 10.2 Å². The molecular weight excluding hydrogens is 384 g/mol. The fraction of sp³-hybridized carbons (Fsp3) is 0.348. The van der Waals surface area contributed by atoms with Crippen molar-refractivity contribution in [2.45, 2.75) is 52.6 Å². The minimum Gasteiger partial charge on any atom is -0.453 e. The fourth-order valence-electron chi connectivity index (χ4n) is 2.99. The molecule has 0 unspecified atom stereocenters. The molecule has 0 aliphatic heterocycles. The van der Waals surface area contributed by atoms with Crippen LogP contribution in [0, 0.1) is 13.8 Å². The molecule has 1 aromatic heterocycles. The van der Waals surface area contributed by atoms with Gasteiger partial charge in [-0.15, -0.1) is 11.3 Å². The van der Waals surface area contributed by atoms with Crippen LogP contribution >= 0.6 is 11.3 Å². The number of nitrogens with one attached hydrogen (secondary N) is 1. The van der Waals surface area contributed by atoms with Crippen molar-refractivity contribution in [3.63, 3.8) is 0 Å². The normalized spacial score (nSPS) is 12.0. The monoisotopic (exact) mass is 410 g/mol. The third-order valence-corrected chi connectivity index (χ3v) is 5.78. The number of anilines is 1. The maximum absolute atomic E-state index is 12.3. The Morgan fingerprint density at radius 2 is 1.93 bits per heavy atom. The van der Waals surface area contributed by atoms with Gasteiger partial charge in [0.05, 0.1) is 15.2 Å². The van der Waals surface area contributed by atoms with E-state index in [4.69, 9.17) is 4.74 Å². The first-order valence-corrected chi connectivity index (χ1v) is 10.7. The van der Waals surface area contributed by atoms with Crippen molar-refractivity contribution < 1.29 is 14.3 Å². The van der Waals surface area contributed by atoms with E-state index in [1.165, 1.54) is 4.70 Å². The smallest absolute Gasteiger partial charge is 0.306 e. The number of aromatic nitrogens is 1. The summed E-state index contributed by atoms with van der Waals surface area (Å²) < 4.78 is 6.48. The molecule has 0 aliphatic rings. The number of benzene rings is 2. The number of thiazole rings is 1. The largest absolute Gasteiger partial charge is 0.453 e. The maximum atomic E-state index is 12.3. The highest BCUT2D eigenvalue weighted by Crippen LogP contribution is 2.23. The van der Waals surface area contributed by atoms with Gasteiger partial charge in [0.1, 0.15) is 0 Å². The summed E-state index contributed by atoms with van der Waals surface area (Å²) in [6, 6.07) is 13.9. The molecule has 29 heavy (non-hydrogen) atoms. The van der Waals surface area contributed by atoms with Gasteiger partial charge < -0.3 is 10.1 Å². The number of amides is 1. The number of carbonyl (C=O) groups is 2. The lowest BCUT2D eigenvalue weighted by atomic mass is 10.1. The van der Waals surface area contributed by atoms with Crippen LogP contribution in [0.3, 0.4) is 0 Å². The van der Waals surface area contributed by atoms with Crippen molar-refractivity contribution in [2.75, 3.05) is 5.32 Å². The molecular formula is C23H26N2O3S. The molecule has 6 heteroatoms. The molecule has 1 N–H and O–H groups in total. The Hall–Kier alpha value is -2.73. The van der Waals surface area contributed by atoms with Crippen LogP contribution in [0.15, 0.2) is 42.5 Å². The molecule has 5 nitrogen and oxygen atoms in total. The van der Waals surface area contributed by atoms with Gasteiger partial charge in [-0.25, -0.2) is 4.98 Å². The van der Waals surface area contributed by atoms with Gasteiger partial charge in [0, 0.05) is 12.1 Å². The third kappa shape index (κ3) is 5.87. The first-order valence-electron chi connectivity index (χ1n) is 9.84. The minimum absolute atomic E-state index is 0.298. The van der Waals surface area contributed by atoms with E-state index in [0.29, 0.717) is 12.8 Å². The summed E-state index contributed by atoms with van der Waals surface area (Å²) in [5.74, 6) is -0.667. The zero-order valence-electron chi connectivity index (χ0n) is 17.0. The van der Waals surface area contributed by atoms with Gasteiger partial charge in [-0.05, 0) is 69.4 Å². The van der Waals surface area contributed by atoms with E-state index in [0.717, 1.165) is 40.2 Å². The quantitative estimate of drug-likeness (QED) is 0.409. The molecule has 0 radical (unpaired) electrons. The Labute approximate surface area is 175 Å². The molecule has 0 aliphatic carbocycles. The van der Waals surface area contributed by atoms with E-state index in [1.54, 1.807) is 18.3 Å². The Bertz CT molecular complexity index is 979. The van der Waals surface area contributed by atoms with Gasteiger partial charge in [0.2, 0.25) is 0 Å². The van der Waals surface area contributed by atoms with Crippen LogP contribution in [0.1, 0.15) is 42.3 Å². The zero-order chi connectivity index (χ0) is 20.8. The second kappa shape index (κ2) is 9.65. The van der Waals surface area contributed by atoms with Crippen molar-refractivity contribution in [3.05, 3.63) is 58.6 Å². The van der Waals surface area contributed by atoms with Gasteiger partial charge in [0.15, 0.2) is 6.10 Å². The number of aryl methyl sites for hydroxylation is 3. The predicted molar refractivity (Wildman–Crippen MR) is 117 cm³/mol. The Morgan fingerprint density at radius 3 is 2.72 bits per heavy atom. The lowest BCUT2D eigenvalue weighted by Crippen LogP contribution is -2.30. The zero-order valence-corrected chi connectivity index (χ0v) is 17.8. The lowest BCUT2D eigenvalue weighted by Gasteiger charge is -2.15. The molecule has 0 saturated heterocycles. The Balaban J connectivity index is 1.40. The second-order valence-corrected chi connectivity index (χ2v) is 8.34. The molecule has 152 valence electrons. The second-order valence-electron chi connectivity index (χ2n) is 7.22. The van der Waals surface area contributed by atoms with Gasteiger partial charge in [0.25, 0.3) is 5.91 Å². The number of hydrogen-bond donors (Lipinski definition) is 1. The number of unbranched alkanes of at least 4 members (excludes halogenated alkanes) is 1. The number of ether oxygens (including phenoxy) is 1. The number of nitrogens with zero attached hydrogens (tertiary/aromatic N) is 1. The first-order chi connectivity index (χ1) is 13.9. The highest BCUT2D eigenvalue weighted by molar-refractivity contribution is 7.18. The summed E-state index contributed by atoms with van der Waals surface area (Å²) in [6.45, 7) is 5.49. The van der Waals surface area contributed by atoms with E-state index < -0.39 is 6.10 Å². The topological polar surface area (TPSA) is 68.3 Å². The van der Waals surface area contributed by atoms with Crippen LogP contribution in [0.5, 0.6) is 0 Å². The standard InChI is InChI=1S/C23H26N2O3S/c1-15-12-13-16(2)19(14-15)25-23(27)17(3)28-22(26)11-7-6-10-21-24-18-8-4-5-9-20(18)29-21/h4-5,8-9,12-14,17H,6-7,10-11H2,1-3H3,(H,25,27)/t17-/m1/s1. The molecule has 0 bridgehead atoms. The lowest BCUT2D eigenvalue weighted by molar-refractivity contribution is -0.153. The fourth-order valence-corrected chi connectivity index (χ4v) is 4.00. The average molecular weight is 411 g/mol. The number of carbonyl (C=O) groups excluding carboxylic acids is 2. The van der Waals surface area contributed by atoms with E-state index in [1.807, 2.05) is 50.2 Å². The number of esters is 1. The van der Waals surface area contributed by atoms with Crippen molar-refractivity contribution in [3.8, 4) is 0 Å². The minimum atomic E-state index is -0.827. The van der Waals surface area contributed by atoms with E-state index in [-0.39, 0.29) is 11.9 Å². The Kier molecular flexibility index (Phi) is 6.99. The molecule has 1 atom stereocenters. The molecule has 3 aromatic rings. The third-order valence-electron chi connectivity index (χ3n) is 4.69. The van der Waals surface area contributed by atoms with Crippen LogP contribution in [-0.4, -0.2) is 23.0 Å². The molecule has 1 heterocycles. The summed E-state index contributed by atoms with van der Waals surface area (Å²) in [4.78, 5) is 29.0.